The Morgan fingerprint density at radius 3 is 2.42 bits per heavy atom. The molecule has 3 aromatic heterocycles. The topological polar surface area (TPSA) is 38.7 Å². The summed E-state index contributed by atoms with van der Waals surface area (Å²) < 4.78 is 2.57. The SMILES string of the molecule is Cc1nc(-c2ccncc2)cc(-c2cccc3c2sc2ccccc23)n1. The van der Waals surface area contributed by atoms with Crippen LogP contribution in [0.3, 0.4) is 0 Å². The van der Waals surface area contributed by atoms with Crippen molar-refractivity contribution in [3.05, 3.63) is 78.9 Å². The lowest BCUT2D eigenvalue weighted by Crippen LogP contribution is -1.94. The van der Waals surface area contributed by atoms with Crippen molar-refractivity contribution < 1.29 is 0 Å². The van der Waals surface area contributed by atoms with E-state index in [0.717, 1.165) is 28.3 Å². The van der Waals surface area contributed by atoms with Gasteiger partial charge in [-0.25, -0.2) is 9.97 Å². The molecule has 2 aromatic carbocycles. The summed E-state index contributed by atoms with van der Waals surface area (Å²) in [6.07, 6.45) is 3.58. The van der Waals surface area contributed by atoms with Crippen molar-refractivity contribution in [1.29, 1.82) is 0 Å². The standard InChI is InChI=1S/C22H15N3S/c1-14-24-19(15-9-11-23-12-10-15)13-20(25-14)18-7-4-6-17-16-5-2-3-8-21(16)26-22(17)18/h2-13H,1H3. The number of hydrogen-bond acceptors (Lipinski definition) is 4. The van der Waals surface area contributed by atoms with Gasteiger partial charge in [0.15, 0.2) is 0 Å². The molecule has 124 valence electrons. The Balaban J connectivity index is 1.77. The highest BCUT2D eigenvalue weighted by atomic mass is 32.1. The maximum absolute atomic E-state index is 4.73. The van der Waals surface area contributed by atoms with Crippen LogP contribution in [-0.2, 0) is 0 Å². The first-order valence-electron chi connectivity index (χ1n) is 8.46. The van der Waals surface area contributed by atoms with Crippen LogP contribution in [0.15, 0.2) is 73.1 Å². The van der Waals surface area contributed by atoms with Gasteiger partial charge in [-0.15, -0.1) is 11.3 Å². The van der Waals surface area contributed by atoms with Gasteiger partial charge in [-0.05, 0) is 31.2 Å². The molecule has 0 spiro atoms. The van der Waals surface area contributed by atoms with E-state index < -0.39 is 0 Å². The molecule has 5 aromatic rings. The van der Waals surface area contributed by atoms with Crippen molar-refractivity contribution in [2.75, 3.05) is 0 Å². The summed E-state index contributed by atoms with van der Waals surface area (Å²) in [5.74, 6) is 0.771. The van der Waals surface area contributed by atoms with Crippen molar-refractivity contribution in [2.45, 2.75) is 6.92 Å². The van der Waals surface area contributed by atoms with E-state index in [4.69, 9.17) is 4.98 Å². The first-order chi connectivity index (χ1) is 12.8. The third-order valence-corrected chi connectivity index (χ3v) is 5.71. The molecule has 3 nitrogen and oxygen atoms in total. The minimum atomic E-state index is 0.771. The van der Waals surface area contributed by atoms with Crippen molar-refractivity contribution in [1.82, 2.24) is 15.0 Å². The molecule has 5 rings (SSSR count). The van der Waals surface area contributed by atoms with E-state index in [1.165, 1.54) is 20.2 Å². The average Bonchev–Trinajstić information content (AvgIpc) is 3.07. The van der Waals surface area contributed by atoms with Crippen LogP contribution < -0.4 is 0 Å². The van der Waals surface area contributed by atoms with Gasteiger partial charge in [0.25, 0.3) is 0 Å². The quantitative estimate of drug-likeness (QED) is 0.398. The molecule has 0 fully saturated rings. The summed E-state index contributed by atoms with van der Waals surface area (Å²) in [6, 6.07) is 21.0. The molecule has 0 aliphatic heterocycles. The Kier molecular flexibility index (Phi) is 3.50. The largest absolute Gasteiger partial charge is 0.265 e. The fourth-order valence-electron chi connectivity index (χ4n) is 3.33. The highest BCUT2D eigenvalue weighted by Crippen LogP contribution is 2.39. The second-order valence-corrected chi connectivity index (χ2v) is 7.25. The van der Waals surface area contributed by atoms with E-state index in [9.17, 15) is 0 Å². The summed E-state index contributed by atoms with van der Waals surface area (Å²) >= 11 is 1.82. The van der Waals surface area contributed by atoms with Gasteiger partial charge in [-0.2, -0.15) is 0 Å². The lowest BCUT2D eigenvalue weighted by atomic mass is 10.1. The Bertz CT molecular complexity index is 1240. The van der Waals surface area contributed by atoms with Crippen LogP contribution in [0.4, 0.5) is 0 Å². The molecular formula is C22H15N3S. The zero-order valence-corrected chi connectivity index (χ0v) is 15.0. The highest BCUT2D eigenvalue weighted by molar-refractivity contribution is 7.26. The Morgan fingerprint density at radius 2 is 1.54 bits per heavy atom. The molecule has 0 atom stereocenters. The maximum atomic E-state index is 4.73. The van der Waals surface area contributed by atoms with E-state index in [-0.39, 0.29) is 0 Å². The lowest BCUT2D eigenvalue weighted by molar-refractivity contribution is 1.06. The molecule has 0 bridgehead atoms. The number of benzene rings is 2. The lowest BCUT2D eigenvalue weighted by Gasteiger charge is -2.07. The fraction of sp³-hybridized carbons (Fsp3) is 0.0455. The maximum Gasteiger partial charge on any atom is 0.126 e. The molecule has 0 radical (unpaired) electrons. The first kappa shape index (κ1) is 15.2. The number of hydrogen-bond donors (Lipinski definition) is 0. The molecule has 0 saturated heterocycles. The monoisotopic (exact) mass is 353 g/mol. The van der Waals surface area contributed by atoms with Gasteiger partial charge in [0.1, 0.15) is 5.82 Å². The minimum Gasteiger partial charge on any atom is -0.265 e. The van der Waals surface area contributed by atoms with Crippen molar-refractivity contribution in [2.24, 2.45) is 0 Å². The van der Waals surface area contributed by atoms with Crippen molar-refractivity contribution in [3.63, 3.8) is 0 Å². The van der Waals surface area contributed by atoms with Crippen LogP contribution >= 0.6 is 11.3 Å². The van der Waals surface area contributed by atoms with Gasteiger partial charge in [0.2, 0.25) is 0 Å². The molecule has 4 heteroatoms. The molecular weight excluding hydrogens is 338 g/mol. The third-order valence-electron chi connectivity index (χ3n) is 4.49. The van der Waals surface area contributed by atoms with Crippen LogP contribution in [0, 0.1) is 6.92 Å². The Hall–Kier alpha value is -3.11. The van der Waals surface area contributed by atoms with Gasteiger partial charge in [0, 0.05) is 43.7 Å². The van der Waals surface area contributed by atoms with Gasteiger partial charge < -0.3 is 0 Å². The zero-order chi connectivity index (χ0) is 17.5. The molecule has 0 aliphatic rings. The number of pyridine rings is 1. The van der Waals surface area contributed by atoms with E-state index in [2.05, 4.69) is 58.5 Å². The van der Waals surface area contributed by atoms with E-state index in [1.54, 1.807) is 12.4 Å². The van der Waals surface area contributed by atoms with Crippen LogP contribution in [0.5, 0.6) is 0 Å². The van der Waals surface area contributed by atoms with Crippen molar-refractivity contribution in [3.8, 4) is 22.5 Å². The van der Waals surface area contributed by atoms with Gasteiger partial charge in [-0.3, -0.25) is 4.98 Å². The Morgan fingerprint density at radius 1 is 0.769 bits per heavy atom. The van der Waals surface area contributed by atoms with E-state index in [1.807, 2.05) is 30.4 Å². The second-order valence-electron chi connectivity index (χ2n) is 6.20. The normalized spacial score (nSPS) is 11.3. The second kappa shape index (κ2) is 6.00. The molecule has 0 unspecified atom stereocenters. The summed E-state index contributed by atoms with van der Waals surface area (Å²) in [5, 5.41) is 2.58. The summed E-state index contributed by atoms with van der Waals surface area (Å²) in [4.78, 5) is 13.4. The number of aromatic nitrogens is 3. The molecule has 0 amide bonds. The van der Waals surface area contributed by atoms with Gasteiger partial charge in [0.05, 0.1) is 11.4 Å². The van der Waals surface area contributed by atoms with E-state index >= 15 is 0 Å². The number of fused-ring (bicyclic) bond motifs is 3. The number of rotatable bonds is 2. The van der Waals surface area contributed by atoms with Gasteiger partial charge >= 0.3 is 0 Å². The molecule has 0 saturated carbocycles. The summed E-state index contributed by atoms with van der Waals surface area (Å²) in [7, 11) is 0. The fourth-order valence-corrected chi connectivity index (χ4v) is 4.55. The van der Waals surface area contributed by atoms with Crippen LogP contribution in [0.25, 0.3) is 42.7 Å². The number of nitrogens with zero attached hydrogens (tertiary/aromatic N) is 3. The summed E-state index contributed by atoms with van der Waals surface area (Å²) in [5.41, 5.74) is 4.09. The van der Waals surface area contributed by atoms with Crippen molar-refractivity contribution >= 4 is 31.5 Å². The minimum absolute atomic E-state index is 0.771. The Labute approximate surface area is 155 Å². The predicted molar refractivity (Wildman–Crippen MR) is 108 cm³/mol. The van der Waals surface area contributed by atoms with Crippen LogP contribution in [-0.4, -0.2) is 15.0 Å². The zero-order valence-electron chi connectivity index (χ0n) is 14.2. The molecule has 0 N–H and O–H groups in total. The molecule has 3 heterocycles. The number of aryl methyl sites for hydroxylation is 1. The molecule has 0 aliphatic carbocycles. The number of thiophene rings is 1. The first-order valence-corrected chi connectivity index (χ1v) is 9.28. The third kappa shape index (κ3) is 2.47. The smallest absolute Gasteiger partial charge is 0.126 e. The average molecular weight is 353 g/mol. The van der Waals surface area contributed by atoms with Gasteiger partial charge in [-0.1, -0.05) is 36.4 Å². The predicted octanol–water partition coefficient (Wildman–Crippen LogP) is 5.88. The highest BCUT2D eigenvalue weighted by Gasteiger charge is 2.13. The van der Waals surface area contributed by atoms with Crippen LogP contribution in [0.1, 0.15) is 5.82 Å². The summed E-state index contributed by atoms with van der Waals surface area (Å²) in [6.45, 7) is 1.94. The van der Waals surface area contributed by atoms with E-state index in [0.29, 0.717) is 0 Å². The molecule has 26 heavy (non-hydrogen) atoms. The van der Waals surface area contributed by atoms with Crippen LogP contribution in [0.2, 0.25) is 0 Å².